The molecule has 1 heterocycles. The molecule has 0 spiro atoms. The van der Waals surface area contributed by atoms with Gasteiger partial charge < -0.3 is 15.8 Å². The Bertz CT molecular complexity index is 246. The molecule has 0 fully saturated rings. The first kappa shape index (κ1) is 7.97. The zero-order chi connectivity index (χ0) is 8.43. The van der Waals surface area contributed by atoms with Crippen LogP contribution >= 0.6 is 0 Å². The van der Waals surface area contributed by atoms with Gasteiger partial charge >= 0.3 is 7.12 Å². The number of hydrogen-bond donors (Lipinski definition) is 3. The Labute approximate surface area is 64.1 Å². The Morgan fingerprint density at radius 2 is 2.09 bits per heavy atom. The van der Waals surface area contributed by atoms with E-state index in [0.717, 1.165) is 0 Å². The van der Waals surface area contributed by atoms with E-state index in [2.05, 4.69) is 9.97 Å². The van der Waals surface area contributed by atoms with Crippen LogP contribution in [0.1, 0.15) is 5.69 Å². The largest absolute Gasteiger partial charge is 0.508 e. The Morgan fingerprint density at radius 1 is 1.45 bits per heavy atom. The second-order valence-corrected chi connectivity index (χ2v) is 2.17. The molecule has 0 aliphatic carbocycles. The minimum absolute atomic E-state index is 0.0492. The molecule has 0 saturated carbocycles. The highest BCUT2D eigenvalue weighted by Crippen LogP contribution is 1.91. The maximum absolute atomic E-state index is 8.68. The van der Waals surface area contributed by atoms with E-state index in [9.17, 15) is 0 Å². The number of nitrogens with two attached hydrogens (primary N) is 1. The number of aryl methyl sites for hydroxylation is 1. The predicted octanol–water partition coefficient (Wildman–Crippen LogP) is -1.95. The summed E-state index contributed by atoms with van der Waals surface area (Å²) in [7, 11) is -1.58. The van der Waals surface area contributed by atoms with Gasteiger partial charge in [-0.2, -0.15) is 0 Å². The third-order valence-corrected chi connectivity index (χ3v) is 1.16. The maximum atomic E-state index is 8.68. The lowest BCUT2D eigenvalue weighted by atomic mass is 9.86. The van der Waals surface area contributed by atoms with Gasteiger partial charge in [0.1, 0.15) is 0 Å². The molecule has 0 unspecified atom stereocenters. The van der Waals surface area contributed by atoms with Crippen LogP contribution in [0.2, 0.25) is 0 Å². The molecule has 0 aliphatic rings. The van der Waals surface area contributed by atoms with Gasteiger partial charge in [-0.25, -0.2) is 9.97 Å². The van der Waals surface area contributed by atoms with Crippen LogP contribution in [-0.2, 0) is 0 Å². The number of nitrogens with zero attached hydrogens (tertiary/aromatic N) is 2. The van der Waals surface area contributed by atoms with Crippen molar-refractivity contribution in [2.75, 3.05) is 5.73 Å². The second-order valence-electron chi connectivity index (χ2n) is 2.17. The van der Waals surface area contributed by atoms with E-state index < -0.39 is 7.12 Å². The van der Waals surface area contributed by atoms with Crippen LogP contribution in [0.15, 0.2) is 6.07 Å². The third kappa shape index (κ3) is 1.89. The fourth-order valence-electron chi connectivity index (χ4n) is 0.749. The van der Waals surface area contributed by atoms with Crippen molar-refractivity contribution in [3.63, 3.8) is 0 Å². The van der Waals surface area contributed by atoms with Crippen molar-refractivity contribution in [1.29, 1.82) is 0 Å². The van der Waals surface area contributed by atoms with Crippen molar-refractivity contribution in [2.24, 2.45) is 0 Å². The molecule has 0 radical (unpaired) electrons. The van der Waals surface area contributed by atoms with Crippen molar-refractivity contribution >= 4 is 18.7 Å². The minimum atomic E-state index is -1.58. The zero-order valence-electron chi connectivity index (χ0n) is 6.02. The highest BCUT2D eigenvalue weighted by atomic mass is 16.4. The molecule has 0 saturated heterocycles. The van der Waals surface area contributed by atoms with Gasteiger partial charge in [0, 0.05) is 5.69 Å². The van der Waals surface area contributed by atoms with Crippen LogP contribution in [0.5, 0.6) is 0 Å². The Kier molecular flexibility index (Phi) is 2.07. The summed E-state index contributed by atoms with van der Waals surface area (Å²) in [5.41, 5.74) is 5.98. The molecule has 1 aromatic heterocycles. The summed E-state index contributed by atoms with van der Waals surface area (Å²) in [6, 6.07) is 1.46. The average molecular weight is 153 g/mol. The number of anilines is 1. The molecule has 0 amide bonds. The van der Waals surface area contributed by atoms with Gasteiger partial charge in [-0.15, -0.1) is 0 Å². The molecule has 58 valence electrons. The highest BCUT2D eigenvalue weighted by molar-refractivity contribution is 6.57. The fourth-order valence-corrected chi connectivity index (χ4v) is 0.749. The smallest absolute Gasteiger partial charge is 0.422 e. The van der Waals surface area contributed by atoms with E-state index in [0.29, 0.717) is 5.69 Å². The summed E-state index contributed by atoms with van der Waals surface area (Å²) in [5.74, 6) is 0.0492. The molecular weight excluding hydrogens is 145 g/mol. The summed E-state index contributed by atoms with van der Waals surface area (Å²) in [5, 5.41) is 17.4. The first-order chi connectivity index (χ1) is 5.09. The van der Waals surface area contributed by atoms with Crippen LogP contribution in [0.4, 0.5) is 5.95 Å². The van der Waals surface area contributed by atoms with E-state index in [-0.39, 0.29) is 11.5 Å². The summed E-state index contributed by atoms with van der Waals surface area (Å²) >= 11 is 0. The standard InChI is InChI=1S/C5H8BN3O2/c1-3-2-4(6(10)11)9-5(7)8-3/h2,10-11H,1H3,(H2,7,8,9). The summed E-state index contributed by atoms with van der Waals surface area (Å²) in [6.07, 6.45) is 0. The molecule has 0 aliphatic heterocycles. The van der Waals surface area contributed by atoms with Gasteiger partial charge in [0.25, 0.3) is 0 Å². The van der Waals surface area contributed by atoms with Crippen LogP contribution < -0.4 is 11.3 Å². The first-order valence-electron chi connectivity index (χ1n) is 3.07. The van der Waals surface area contributed by atoms with E-state index in [1.807, 2.05) is 0 Å². The normalized spacial score (nSPS) is 9.73. The second kappa shape index (κ2) is 2.85. The highest BCUT2D eigenvalue weighted by Gasteiger charge is 2.13. The van der Waals surface area contributed by atoms with Gasteiger partial charge in [0.05, 0.1) is 5.59 Å². The average Bonchev–Trinajstić information content (AvgIpc) is 1.85. The van der Waals surface area contributed by atoms with Crippen molar-refractivity contribution in [2.45, 2.75) is 6.92 Å². The lowest BCUT2D eigenvalue weighted by Gasteiger charge is -2.00. The van der Waals surface area contributed by atoms with Crippen LogP contribution in [0.3, 0.4) is 0 Å². The molecule has 0 aromatic carbocycles. The topological polar surface area (TPSA) is 92.3 Å². The SMILES string of the molecule is Cc1cc(B(O)O)nc(N)n1. The Hall–Kier alpha value is -1.14. The number of hydrogen-bond acceptors (Lipinski definition) is 5. The molecule has 0 bridgehead atoms. The van der Waals surface area contributed by atoms with Crippen molar-refractivity contribution in [1.82, 2.24) is 9.97 Å². The van der Waals surface area contributed by atoms with Gasteiger partial charge in [0.2, 0.25) is 5.95 Å². The summed E-state index contributed by atoms with van der Waals surface area (Å²) in [6.45, 7) is 1.70. The summed E-state index contributed by atoms with van der Waals surface area (Å²) in [4.78, 5) is 7.36. The van der Waals surface area contributed by atoms with Crippen LogP contribution in [0.25, 0.3) is 0 Å². The van der Waals surface area contributed by atoms with Crippen molar-refractivity contribution < 1.29 is 10.0 Å². The van der Waals surface area contributed by atoms with Gasteiger partial charge in [-0.1, -0.05) is 0 Å². The fraction of sp³-hybridized carbons (Fsp3) is 0.200. The van der Waals surface area contributed by atoms with Crippen LogP contribution in [0, 0.1) is 6.92 Å². The third-order valence-electron chi connectivity index (χ3n) is 1.16. The van der Waals surface area contributed by atoms with Crippen molar-refractivity contribution in [3.05, 3.63) is 11.8 Å². The molecular formula is C5H8BN3O2. The quantitative estimate of drug-likeness (QED) is 0.407. The Morgan fingerprint density at radius 3 is 2.55 bits per heavy atom. The summed E-state index contributed by atoms with van der Waals surface area (Å²) < 4.78 is 0. The van der Waals surface area contributed by atoms with E-state index in [1.54, 1.807) is 6.92 Å². The van der Waals surface area contributed by atoms with Gasteiger partial charge in [0.15, 0.2) is 0 Å². The molecule has 0 atom stereocenters. The van der Waals surface area contributed by atoms with Gasteiger partial charge in [-0.3, -0.25) is 0 Å². The molecule has 4 N–H and O–H groups in total. The van der Waals surface area contributed by atoms with E-state index in [1.165, 1.54) is 6.07 Å². The van der Waals surface area contributed by atoms with E-state index in [4.69, 9.17) is 15.8 Å². The Balaban J connectivity index is 3.08. The lowest BCUT2D eigenvalue weighted by Crippen LogP contribution is -2.33. The molecule has 6 heteroatoms. The monoisotopic (exact) mass is 153 g/mol. The molecule has 5 nitrogen and oxygen atoms in total. The number of nitrogen functional groups attached to an aromatic ring is 1. The first-order valence-corrected chi connectivity index (χ1v) is 3.07. The number of aromatic nitrogens is 2. The zero-order valence-corrected chi connectivity index (χ0v) is 6.02. The predicted molar refractivity (Wildman–Crippen MR) is 41.0 cm³/mol. The maximum Gasteiger partial charge on any atom is 0.508 e. The lowest BCUT2D eigenvalue weighted by molar-refractivity contribution is 0.424. The van der Waals surface area contributed by atoms with E-state index >= 15 is 0 Å². The van der Waals surface area contributed by atoms with Crippen LogP contribution in [-0.4, -0.2) is 27.1 Å². The van der Waals surface area contributed by atoms with Gasteiger partial charge in [-0.05, 0) is 13.0 Å². The molecule has 1 rings (SSSR count). The van der Waals surface area contributed by atoms with Crippen molar-refractivity contribution in [3.8, 4) is 0 Å². The molecule has 11 heavy (non-hydrogen) atoms. The minimum Gasteiger partial charge on any atom is -0.422 e. The molecule has 1 aromatic rings. The number of rotatable bonds is 1.